The van der Waals surface area contributed by atoms with E-state index in [1.165, 1.54) is 74.6 Å². The minimum Gasteiger partial charge on any atom is -0.393 e. The third kappa shape index (κ3) is 8.21. The zero-order chi connectivity index (χ0) is 25.2. The fourth-order valence-corrected chi connectivity index (χ4v) is 5.00. The van der Waals surface area contributed by atoms with Gasteiger partial charge in [0.05, 0.1) is 0 Å². The lowest BCUT2D eigenvalue weighted by Gasteiger charge is -2.39. The first kappa shape index (κ1) is 29.6. The summed E-state index contributed by atoms with van der Waals surface area (Å²) in [7, 11) is 4.13. The van der Waals surface area contributed by atoms with Gasteiger partial charge >= 0.3 is 0 Å². The summed E-state index contributed by atoms with van der Waals surface area (Å²) in [6, 6.07) is 7.35. The van der Waals surface area contributed by atoms with E-state index in [0.29, 0.717) is 0 Å². The van der Waals surface area contributed by atoms with Gasteiger partial charge in [-0.2, -0.15) is 0 Å². The molecule has 2 aliphatic rings. The molecule has 5 heteroatoms. The average Bonchev–Trinajstić information content (AvgIpc) is 2.88. The lowest BCUT2D eigenvalue weighted by molar-refractivity contribution is 0.0913. The van der Waals surface area contributed by atoms with Crippen LogP contribution in [0.1, 0.15) is 65.9 Å². The second-order valence-corrected chi connectivity index (χ2v) is 9.90. The number of benzene rings is 1. The molecule has 200 valence electrons. The predicted octanol–water partition coefficient (Wildman–Crippen LogP) is 7.07. The van der Waals surface area contributed by atoms with Crippen LogP contribution in [-0.2, 0) is 0 Å². The lowest BCUT2D eigenvalue weighted by Crippen LogP contribution is -2.49. The topological polar surface area (TPSA) is 43.4 Å². The number of likely N-dealkylation sites (N-methyl/N-ethyl adjacent to an activating group) is 1. The van der Waals surface area contributed by atoms with E-state index in [2.05, 4.69) is 64.2 Å². The highest BCUT2D eigenvalue weighted by atomic mass is 15.3. The molecule has 4 rings (SSSR count). The van der Waals surface area contributed by atoms with E-state index in [4.69, 9.17) is 0 Å². The molecular formula is C31H51N5. The summed E-state index contributed by atoms with van der Waals surface area (Å²) in [6.45, 7) is 15.2. The Bertz CT molecular complexity index is 1030. The molecule has 1 aromatic carbocycles. The monoisotopic (exact) mass is 493 g/mol. The SMILES string of the molecule is C.C=C/C(=C\NC)c1cc(C)c2cnc(N/C(C)=C\C)cc2c1.CN1CCN(C2CCCCC2)CC1.[HH]. The van der Waals surface area contributed by atoms with Crippen LogP contribution in [0.15, 0.2) is 55.0 Å². The summed E-state index contributed by atoms with van der Waals surface area (Å²) < 4.78 is 0. The van der Waals surface area contributed by atoms with Gasteiger partial charge in [0.25, 0.3) is 0 Å². The highest BCUT2D eigenvalue weighted by Crippen LogP contribution is 2.27. The van der Waals surface area contributed by atoms with Crippen molar-refractivity contribution in [3.63, 3.8) is 0 Å². The zero-order valence-electron chi connectivity index (χ0n) is 22.5. The Kier molecular flexibility index (Phi) is 12.2. The molecule has 2 fully saturated rings. The molecule has 1 aliphatic carbocycles. The van der Waals surface area contributed by atoms with E-state index < -0.39 is 0 Å². The molecule has 0 bridgehead atoms. The first-order valence-electron chi connectivity index (χ1n) is 13.2. The molecule has 2 aromatic rings. The fourth-order valence-electron chi connectivity index (χ4n) is 5.00. The molecule has 0 amide bonds. The molecule has 1 aromatic heterocycles. The molecule has 0 atom stereocenters. The highest BCUT2D eigenvalue weighted by Gasteiger charge is 2.23. The number of nitrogens with one attached hydrogen (secondary N) is 2. The maximum atomic E-state index is 4.49. The number of hydrogen-bond donors (Lipinski definition) is 2. The number of aromatic nitrogens is 1. The van der Waals surface area contributed by atoms with E-state index in [0.717, 1.165) is 28.7 Å². The van der Waals surface area contributed by atoms with Crippen molar-refractivity contribution in [1.29, 1.82) is 0 Å². The van der Waals surface area contributed by atoms with Crippen LogP contribution < -0.4 is 10.6 Å². The first-order valence-corrected chi connectivity index (χ1v) is 13.2. The quantitative estimate of drug-likeness (QED) is 0.421. The number of anilines is 1. The molecule has 0 unspecified atom stereocenters. The summed E-state index contributed by atoms with van der Waals surface area (Å²) in [4.78, 5) is 9.65. The number of hydrogen-bond acceptors (Lipinski definition) is 5. The Morgan fingerprint density at radius 2 is 1.81 bits per heavy atom. The van der Waals surface area contributed by atoms with Crippen molar-refractivity contribution in [1.82, 2.24) is 20.1 Å². The number of rotatable bonds is 6. The molecular weight excluding hydrogens is 442 g/mol. The van der Waals surface area contributed by atoms with Crippen molar-refractivity contribution in [2.75, 3.05) is 45.6 Å². The van der Waals surface area contributed by atoms with Gasteiger partial charge in [0.15, 0.2) is 0 Å². The van der Waals surface area contributed by atoms with Crippen molar-refractivity contribution in [2.45, 2.75) is 66.3 Å². The fraction of sp³-hybridized carbons (Fsp3) is 0.516. The van der Waals surface area contributed by atoms with Crippen LogP contribution in [0.25, 0.3) is 16.3 Å². The molecule has 1 saturated carbocycles. The van der Waals surface area contributed by atoms with Crippen molar-refractivity contribution in [3.8, 4) is 0 Å². The van der Waals surface area contributed by atoms with Crippen LogP contribution in [0.5, 0.6) is 0 Å². The van der Waals surface area contributed by atoms with Gasteiger partial charge in [-0.3, -0.25) is 4.90 Å². The molecule has 1 aliphatic heterocycles. The van der Waals surface area contributed by atoms with Gasteiger partial charge in [-0.15, -0.1) is 0 Å². The Hall–Kier alpha value is -2.63. The Balaban J connectivity index is 0.000000392. The third-order valence-electron chi connectivity index (χ3n) is 7.28. The molecule has 36 heavy (non-hydrogen) atoms. The van der Waals surface area contributed by atoms with Crippen molar-refractivity contribution in [2.24, 2.45) is 0 Å². The minimum atomic E-state index is 0. The Labute approximate surface area is 221 Å². The van der Waals surface area contributed by atoms with Gasteiger partial charge in [-0.1, -0.05) is 51.5 Å². The smallest absolute Gasteiger partial charge is 0.130 e. The van der Waals surface area contributed by atoms with Crippen LogP contribution >= 0.6 is 0 Å². The van der Waals surface area contributed by atoms with Gasteiger partial charge in [0, 0.05) is 64.2 Å². The summed E-state index contributed by atoms with van der Waals surface area (Å²) in [5.74, 6) is 0.859. The minimum absolute atomic E-state index is 0. The second kappa shape index (κ2) is 14.8. The van der Waals surface area contributed by atoms with E-state index in [1.54, 1.807) is 0 Å². The van der Waals surface area contributed by atoms with Crippen LogP contribution in [-0.4, -0.2) is 61.1 Å². The first-order chi connectivity index (χ1) is 16.9. The number of allylic oxidation sites excluding steroid dienone is 4. The highest BCUT2D eigenvalue weighted by molar-refractivity contribution is 5.91. The summed E-state index contributed by atoms with van der Waals surface area (Å²) in [5.41, 5.74) is 4.51. The zero-order valence-corrected chi connectivity index (χ0v) is 22.5. The third-order valence-corrected chi connectivity index (χ3v) is 7.28. The number of piperazine rings is 1. The number of pyridine rings is 1. The molecule has 5 nitrogen and oxygen atoms in total. The standard InChI is InChI=1S/C19H23N3.C11H22N2.CH4.H2/c1-6-14(4)22-19-10-17-9-16(15(7-2)11-20-5)8-13(3)18(17)12-21-19;1-12-7-9-13(10-8-12)11-5-3-2-4-6-11;;/h6-12,20H,2H2,1,3-5H3,(H,21,22);11H,2-10H2,1H3;1H4;1H/b14-6-,15-11+;;;. The molecule has 2 heterocycles. The van der Waals surface area contributed by atoms with Crippen molar-refractivity contribution in [3.05, 3.63) is 66.2 Å². The van der Waals surface area contributed by atoms with E-state index in [1.807, 2.05) is 45.4 Å². The predicted molar refractivity (Wildman–Crippen MR) is 162 cm³/mol. The lowest BCUT2D eigenvalue weighted by atomic mass is 9.94. The summed E-state index contributed by atoms with van der Waals surface area (Å²) >= 11 is 0. The maximum Gasteiger partial charge on any atom is 0.130 e. The normalized spacial score (nSPS) is 18.1. The molecule has 0 radical (unpaired) electrons. The van der Waals surface area contributed by atoms with Gasteiger partial charge in [-0.05, 0) is 74.9 Å². The van der Waals surface area contributed by atoms with Crippen LogP contribution in [0.4, 0.5) is 5.82 Å². The van der Waals surface area contributed by atoms with Crippen LogP contribution in [0.3, 0.4) is 0 Å². The second-order valence-electron chi connectivity index (χ2n) is 9.90. The molecule has 1 saturated heterocycles. The van der Waals surface area contributed by atoms with Crippen LogP contribution in [0.2, 0.25) is 0 Å². The van der Waals surface area contributed by atoms with Gasteiger partial charge in [0.2, 0.25) is 0 Å². The van der Waals surface area contributed by atoms with Crippen molar-refractivity contribution >= 4 is 22.2 Å². The Morgan fingerprint density at radius 1 is 1.11 bits per heavy atom. The maximum absolute atomic E-state index is 4.49. The largest absolute Gasteiger partial charge is 0.393 e. The number of fused-ring (bicyclic) bond motifs is 1. The molecule has 0 spiro atoms. The summed E-state index contributed by atoms with van der Waals surface area (Å²) in [5, 5.41) is 8.69. The molecule has 2 N–H and O–H groups in total. The van der Waals surface area contributed by atoms with E-state index in [-0.39, 0.29) is 8.85 Å². The number of aryl methyl sites for hydroxylation is 1. The van der Waals surface area contributed by atoms with E-state index in [9.17, 15) is 0 Å². The van der Waals surface area contributed by atoms with E-state index >= 15 is 0 Å². The van der Waals surface area contributed by atoms with Crippen LogP contribution in [0, 0.1) is 6.92 Å². The summed E-state index contributed by atoms with van der Waals surface area (Å²) in [6.07, 6.45) is 15.1. The van der Waals surface area contributed by atoms with Gasteiger partial charge < -0.3 is 15.5 Å². The number of nitrogens with zero attached hydrogens (tertiary/aromatic N) is 3. The Morgan fingerprint density at radius 3 is 2.42 bits per heavy atom. The average molecular weight is 494 g/mol. The van der Waals surface area contributed by atoms with Gasteiger partial charge in [-0.25, -0.2) is 4.98 Å². The van der Waals surface area contributed by atoms with Gasteiger partial charge in [0.1, 0.15) is 5.82 Å². The van der Waals surface area contributed by atoms with Crippen molar-refractivity contribution < 1.29 is 1.43 Å².